The Balaban J connectivity index is 1.94. The standard InChI is InChI=1S/C17H25NO2S/c1-3-14(15-7-5-4-6-8-15)13-17(19)18(2)16-9-11-21(20)12-10-16/h4-8,14,16H,3,9-13H2,1-2H3. The maximum Gasteiger partial charge on any atom is 0.223 e. The van der Waals surface area contributed by atoms with Gasteiger partial charge >= 0.3 is 0 Å². The van der Waals surface area contributed by atoms with E-state index in [-0.39, 0.29) is 11.9 Å². The molecule has 1 atom stereocenters. The van der Waals surface area contributed by atoms with Crippen LogP contribution in [0.3, 0.4) is 0 Å². The predicted octanol–water partition coefficient (Wildman–Crippen LogP) is 2.94. The Labute approximate surface area is 130 Å². The summed E-state index contributed by atoms with van der Waals surface area (Å²) in [6.07, 6.45) is 3.28. The first-order valence-corrected chi connectivity index (χ1v) is 9.26. The van der Waals surface area contributed by atoms with Crippen LogP contribution in [-0.4, -0.2) is 39.6 Å². The van der Waals surface area contributed by atoms with Gasteiger partial charge in [0.1, 0.15) is 0 Å². The van der Waals surface area contributed by atoms with Crippen LogP contribution in [0.15, 0.2) is 30.3 Å². The monoisotopic (exact) mass is 307 g/mol. The summed E-state index contributed by atoms with van der Waals surface area (Å²) in [5, 5.41) is 0. The first kappa shape index (κ1) is 16.2. The molecule has 116 valence electrons. The van der Waals surface area contributed by atoms with Crippen LogP contribution in [-0.2, 0) is 15.6 Å². The lowest BCUT2D eigenvalue weighted by atomic mass is 9.92. The van der Waals surface area contributed by atoms with Crippen LogP contribution in [0, 0.1) is 0 Å². The van der Waals surface area contributed by atoms with E-state index in [1.165, 1.54) is 5.56 Å². The van der Waals surface area contributed by atoms with Gasteiger partial charge in [0.25, 0.3) is 0 Å². The van der Waals surface area contributed by atoms with Gasteiger partial charge in [-0.1, -0.05) is 37.3 Å². The fraction of sp³-hybridized carbons (Fsp3) is 0.588. The Kier molecular flexibility index (Phi) is 5.97. The molecule has 3 nitrogen and oxygen atoms in total. The zero-order valence-electron chi connectivity index (χ0n) is 13.0. The minimum absolute atomic E-state index is 0.211. The zero-order chi connectivity index (χ0) is 15.2. The molecule has 1 amide bonds. The SMILES string of the molecule is CCC(CC(=O)N(C)C1CCS(=O)CC1)c1ccccc1. The molecular formula is C17H25NO2S. The molecule has 0 bridgehead atoms. The topological polar surface area (TPSA) is 37.4 Å². The molecule has 0 spiro atoms. The van der Waals surface area contributed by atoms with Crippen molar-refractivity contribution in [3.05, 3.63) is 35.9 Å². The van der Waals surface area contributed by atoms with Crippen LogP contribution in [0.2, 0.25) is 0 Å². The molecule has 1 aliphatic heterocycles. The van der Waals surface area contributed by atoms with E-state index >= 15 is 0 Å². The highest BCUT2D eigenvalue weighted by Gasteiger charge is 2.26. The van der Waals surface area contributed by atoms with Crippen molar-refractivity contribution in [3.63, 3.8) is 0 Å². The van der Waals surface area contributed by atoms with Gasteiger partial charge in [0.2, 0.25) is 5.91 Å². The number of carbonyl (C=O) groups excluding carboxylic acids is 1. The smallest absolute Gasteiger partial charge is 0.223 e. The van der Waals surface area contributed by atoms with E-state index in [1.807, 2.05) is 30.1 Å². The highest BCUT2D eigenvalue weighted by molar-refractivity contribution is 7.85. The summed E-state index contributed by atoms with van der Waals surface area (Å²) < 4.78 is 11.4. The molecule has 4 heteroatoms. The van der Waals surface area contributed by atoms with E-state index in [4.69, 9.17) is 0 Å². The lowest BCUT2D eigenvalue weighted by Crippen LogP contribution is -2.41. The minimum Gasteiger partial charge on any atom is -0.343 e. The van der Waals surface area contributed by atoms with E-state index in [1.54, 1.807) is 0 Å². The van der Waals surface area contributed by atoms with Crippen LogP contribution in [0.4, 0.5) is 0 Å². The molecule has 1 aromatic carbocycles. The Morgan fingerprint density at radius 1 is 1.29 bits per heavy atom. The highest BCUT2D eigenvalue weighted by Crippen LogP contribution is 2.25. The van der Waals surface area contributed by atoms with E-state index in [9.17, 15) is 9.00 Å². The van der Waals surface area contributed by atoms with Crippen molar-refractivity contribution in [3.8, 4) is 0 Å². The summed E-state index contributed by atoms with van der Waals surface area (Å²) in [7, 11) is 1.23. The number of nitrogens with zero attached hydrogens (tertiary/aromatic N) is 1. The summed E-state index contributed by atoms with van der Waals surface area (Å²) in [6, 6.07) is 10.5. The van der Waals surface area contributed by atoms with Gasteiger partial charge in [-0.05, 0) is 30.7 Å². The van der Waals surface area contributed by atoms with Crippen molar-refractivity contribution in [2.75, 3.05) is 18.6 Å². The number of hydrogen-bond acceptors (Lipinski definition) is 2. The molecule has 1 aliphatic rings. The van der Waals surface area contributed by atoms with Crippen molar-refractivity contribution in [1.29, 1.82) is 0 Å². The normalized spacial score (nSPS) is 23.5. The Hall–Kier alpha value is -1.16. The molecule has 0 N–H and O–H groups in total. The van der Waals surface area contributed by atoms with E-state index < -0.39 is 10.8 Å². The third-order valence-electron chi connectivity index (χ3n) is 4.48. The van der Waals surface area contributed by atoms with Gasteiger partial charge in [0.15, 0.2) is 0 Å². The molecule has 0 radical (unpaired) electrons. The molecule has 0 saturated carbocycles. The van der Waals surface area contributed by atoms with Crippen LogP contribution < -0.4 is 0 Å². The second-order valence-electron chi connectivity index (χ2n) is 5.80. The summed E-state index contributed by atoms with van der Waals surface area (Å²) in [5.41, 5.74) is 1.24. The molecule has 1 fully saturated rings. The van der Waals surface area contributed by atoms with Crippen molar-refractivity contribution < 1.29 is 9.00 Å². The molecule has 1 aromatic rings. The third-order valence-corrected chi connectivity index (χ3v) is 5.87. The summed E-state index contributed by atoms with van der Waals surface area (Å²) in [6.45, 7) is 2.13. The van der Waals surface area contributed by atoms with E-state index in [2.05, 4.69) is 19.1 Å². The van der Waals surface area contributed by atoms with E-state index in [0.717, 1.165) is 30.8 Å². The quantitative estimate of drug-likeness (QED) is 0.839. The van der Waals surface area contributed by atoms with Gasteiger partial charge in [-0.3, -0.25) is 9.00 Å². The number of amides is 1. The molecule has 0 aliphatic carbocycles. The van der Waals surface area contributed by atoms with Gasteiger partial charge in [-0.25, -0.2) is 0 Å². The lowest BCUT2D eigenvalue weighted by Gasteiger charge is -2.32. The lowest BCUT2D eigenvalue weighted by molar-refractivity contribution is -0.132. The number of hydrogen-bond donors (Lipinski definition) is 0. The molecule has 1 unspecified atom stereocenters. The van der Waals surface area contributed by atoms with Gasteiger partial charge in [0.05, 0.1) is 0 Å². The van der Waals surface area contributed by atoms with Gasteiger partial charge in [-0.2, -0.15) is 0 Å². The van der Waals surface area contributed by atoms with Crippen LogP contribution >= 0.6 is 0 Å². The highest BCUT2D eigenvalue weighted by atomic mass is 32.2. The number of rotatable bonds is 5. The molecule has 2 rings (SSSR count). The minimum atomic E-state index is -0.671. The average molecular weight is 307 g/mol. The first-order valence-electron chi connectivity index (χ1n) is 7.77. The molecule has 21 heavy (non-hydrogen) atoms. The van der Waals surface area contributed by atoms with Crippen LogP contribution in [0.1, 0.15) is 44.1 Å². The fourth-order valence-corrected chi connectivity index (χ4v) is 4.22. The largest absolute Gasteiger partial charge is 0.343 e. The summed E-state index contributed by atoms with van der Waals surface area (Å²) in [4.78, 5) is 14.4. The zero-order valence-corrected chi connectivity index (χ0v) is 13.8. The van der Waals surface area contributed by atoms with Crippen LogP contribution in [0.25, 0.3) is 0 Å². The number of carbonyl (C=O) groups is 1. The second kappa shape index (κ2) is 7.74. The van der Waals surface area contributed by atoms with E-state index in [0.29, 0.717) is 12.3 Å². The summed E-state index contributed by atoms with van der Waals surface area (Å²) >= 11 is 0. The Morgan fingerprint density at radius 2 is 1.90 bits per heavy atom. The summed E-state index contributed by atoms with van der Waals surface area (Å²) in [5.74, 6) is 1.97. The first-order chi connectivity index (χ1) is 10.1. The van der Waals surface area contributed by atoms with Crippen molar-refractivity contribution >= 4 is 16.7 Å². The predicted molar refractivity (Wildman–Crippen MR) is 87.8 cm³/mol. The van der Waals surface area contributed by atoms with Crippen molar-refractivity contribution in [1.82, 2.24) is 4.90 Å². The average Bonchev–Trinajstić information content (AvgIpc) is 2.53. The van der Waals surface area contributed by atoms with Crippen LogP contribution in [0.5, 0.6) is 0 Å². The van der Waals surface area contributed by atoms with Gasteiger partial charge in [-0.15, -0.1) is 0 Å². The maximum absolute atomic E-state index is 12.5. The van der Waals surface area contributed by atoms with Gasteiger partial charge in [0, 0.05) is 41.8 Å². The third kappa shape index (κ3) is 4.40. The van der Waals surface area contributed by atoms with Crippen molar-refractivity contribution in [2.24, 2.45) is 0 Å². The molecular weight excluding hydrogens is 282 g/mol. The Bertz CT molecular complexity index is 479. The Morgan fingerprint density at radius 3 is 2.48 bits per heavy atom. The van der Waals surface area contributed by atoms with Gasteiger partial charge < -0.3 is 4.90 Å². The van der Waals surface area contributed by atoms with Crippen molar-refractivity contribution in [2.45, 2.75) is 44.6 Å². The maximum atomic E-state index is 12.5. The molecule has 1 saturated heterocycles. The fourth-order valence-electron chi connectivity index (χ4n) is 2.95. The molecule has 1 heterocycles. The number of benzene rings is 1. The molecule has 0 aromatic heterocycles. The second-order valence-corrected chi connectivity index (χ2v) is 7.50.